The molecule has 0 unspecified atom stereocenters. The van der Waals surface area contributed by atoms with Gasteiger partial charge in [-0.1, -0.05) is 15.9 Å². The Bertz CT molecular complexity index is 466. The Balaban J connectivity index is 2.92. The quantitative estimate of drug-likeness (QED) is 0.530. The molecule has 1 aromatic rings. The van der Waals surface area contributed by atoms with Crippen molar-refractivity contribution in [2.24, 2.45) is 0 Å². The van der Waals surface area contributed by atoms with Crippen molar-refractivity contribution < 1.29 is 9.72 Å². The van der Waals surface area contributed by atoms with Crippen molar-refractivity contribution in [2.75, 3.05) is 5.32 Å². The molecule has 0 bridgehead atoms. The topological polar surface area (TPSA) is 72.2 Å². The van der Waals surface area contributed by atoms with Crippen LogP contribution in [0.5, 0.6) is 0 Å². The largest absolute Gasteiger partial charge is 0.325 e. The molecule has 0 aliphatic rings. The summed E-state index contributed by atoms with van der Waals surface area (Å²) in [7, 11) is 0. The van der Waals surface area contributed by atoms with Crippen LogP contribution in [0.15, 0.2) is 18.2 Å². The number of benzene rings is 1. The third-order valence-electron chi connectivity index (χ3n) is 2.19. The van der Waals surface area contributed by atoms with E-state index in [1.807, 2.05) is 0 Å². The lowest BCUT2D eigenvalue weighted by atomic mass is 10.1. The van der Waals surface area contributed by atoms with E-state index in [9.17, 15) is 14.9 Å². The van der Waals surface area contributed by atoms with E-state index in [-0.39, 0.29) is 11.6 Å². The van der Waals surface area contributed by atoms with E-state index < -0.39 is 9.25 Å². The van der Waals surface area contributed by atoms with Crippen LogP contribution >= 0.6 is 15.9 Å². The first kappa shape index (κ1) is 13.6. The van der Waals surface area contributed by atoms with Crippen LogP contribution in [0.2, 0.25) is 0 Å². The molecule has 5 nitrogen and oxygen atoms in total. The van der Waals surface area contributed by atoms with Gasteiger partial charge in [-0.25, -0.2) is 0 Å². The van der Waals surface area contributed by atoms with Gasteiger partial charge in [0.15, 0.2) is 0 Å². The summed E-state index contributed by atoms with van der Waals surface area (Å²) in [6, 6.07) is 4.47. The van der Waals surface area contributed by atoms with Gasteiger partial charge in [-0.3, -0.25) is 14.9 Å². The number of amides is 1. The average Bonchev–Trinajstić information content (AvgIpc) is 2.15. The molecule has 1 rings (SSSR count). The molecule has 0 fully saturated rings. The van der Waals surface area contributed by atoms with Crippen LogP contribution in [0.25, 0.3) is 0 Å². The molecule has 17 heavy (non-hydrogen) atoms. The molecule has 0 radical (unpaired) electrons. The molecular formula is C11H13BrN2O3. The van der Waals surface area contributed by atoms with Crippen molar-refractivity contribution in [1.29, 1.82) is 0 Å². The molecule has 0 heterocycles. The van der Waals surface area contributed by atoms with Crippen molar-refractivity contribution in [2.45, 2.75) is 25.1 Å². The van der Waals surface area contributed by atoms with Crippen molar-refractivity contribution in [1.82, 2.24) is 0 Å². The Hall–Kier alpha value is -1.43. The monoisotopic (exact) mass is 300 g/mol. The number of carbonyl (C=O) groups excluding carboxylic acids is 1. The van der Waals surface area contributed by atoms with Crippen molar-refractivity contribution >= 4 is 33.2 Å². The van der Waals surface area contributed by atoms with E-state index in [4.69, 9.17) is 0 Å². The van der Waals surface area contributed by atoms with E-state index in [0.29, 0.717) is 11.3 Å². The minimum Gasteiger partial charge on any atom is -0.325 e. The molecule has 6 heteroatoms. The number of alkyl halides is 1. The summed E-state index contributed by atoms with van der Waals surface area (Å²) in [5.41, 5.74) is 1.10. The number of rotatable bonds is 3. The number of nitro benzene ring substituents is 1. The first-order valence-electron chi connectivity index (χ1n) is 4.97. The van der Waals surface area contributed by atoms with Gasteiger partial charge in [-0.05, 0) is 32.9 Å². The van der Waals surface area contributed by atoms with Crippen LogP contribution in [0, 0.1) is 17.0 Å². The molecule has 0 atom stereocenters. The van der Waals surface area contributed by atoms with Gasteiger partial charge in [0.2, 0.25) is 5.91 Å². The van der Waals surface area contributed by atoms with E-state index in [1.165, 1.54) is 12.1 Å². The predicted molar refractivity (Wildman–Crippen MR) is 69.5 cm³/mol. The molecule has 0 aliphatic carbocycles. The first-order valence-corrected chi connectivity index (χ1v) is 5.76. The number of nitro groups is 1. The fourth-order valence-electron chi connectivity index (χ4n) is 1.22. The number of carbonyl (C=O) groups is 1. The Morgan fingerprint density at radius 3 is 2.47 bits per heavy atom. The van der Waals surface area contributed by atoms with Gasteiger partial charge in [0.25, 0.3) is 5.69 Å². The van der Waals surface area contributed by atoms with Gasteiger partial charge in [0.1, 0.15) is 0 Å². The average molecular weight is 301 g/mol. The van der Waals surface area contributed by atoms with E-state index in [0.717, 1.165) is 0 Å². The minimum atomic E-state index is -0.678. The normalized spacial score (nSPS) is 11.1. The molecule has 0 spiro atoms. The van der Waals surface area contributed by atoms with Crippen molar-refractivity contribution in [3.05, 3.63) is 33.9 Å². The van der Waals surface area contributed by atoms with Gasteiger partial charge >= 0.3 is 0 Å². The van der Waals surface area contributed by atoms with Gasteiger partial charge in [0, 0.05) is 17.3 Å². The van der Waals surface area contributed by atoms with Gasteiger partial charge < -0.3 is 5.32 Å². The second-order valence-electron chi connectivity index (χ2n) is 4.18. The van der Waals surface area contributed by atoms with E-state index >= 15 is 0 Å². The number of hydrogen-bond donors (Lipinski definition) is 1. The summed E-state index contributed by atoms with van der Waals surface area (Å²) >= 11 is 3.24. The summed E-state index contributed by atoms with van der Waals surface area (Å²) in [6.07, 6.45) is 0. The summed E-state index contributed by atoms with van der Waals surface area (Å²) < 4.78 is -0.678. The lowest BCUT2D eigenvalue weighted by Gasteiger charge is -2.16. The summed E-state index contributed by atoms with van der Waals surface area (Å²) in [4.78, 5) is 21.8. The van der Waals surface area contributed by atoms with Crippen LogP contribution < -0.4 is 5.32 Å². The Morgan fingerprint density at radius 1 is 1.47 bits per heavy atom. The van der Waals surface area contributed by atoms with Crippen LogP contribution in [0.3, 0.4) is 0 Å². The van der Waals surface area contributed by atoms with Crippen LogP contribution in [0.1, 0.15) is 19.4 Å². The maximum absolute atomic E-state index is 11.7. The smallest absolute Gasteiger partial charge is 0.272 e. The van der Waals surface area contributed by atoms with E-state index in [1.54, 1.807) is 26.8 Å². The molecule has 1 N–H and O–H groups in total. The highest BCUT2D eigenvalue weighted by Crippen LogP contribution is 2.23. The number of nitrogens with zero attached hydrogens (tertiary/aromatic N) is 1. The second kappa shape index (κ2) is 4.83. The predicted octanol–water partition coefficient (Wildman–Crippen LogP) is 3.02. The molecule has 0 saturated carbocycles. The second-order valence-corrected chi connectivity index (χ2v) is 6.17. The van der Waals surface area contributed by atoms with Crippen molar-refractivity contribution in [3.8, 4) is 0 Å². The fourth-order valence-corrected chi connectivity index (χ4v) is 1.32. The standard InChI is InChI=1S/C11H13BrN2O3/c1-7-6-8(4-5-9(7)14(16)17)13-10(15)11(2,3)12/h4-6H,1-3H3,(H,13,15). The maximum Gasteiger partial charge on any atom is 0.272 e. The number of aryl methyl sites for hydroxylation is 1. The molecule has 0 aliphatic heterocycles. The highest BCUT2D eigenvalue weighted by molar-refractivity contribution is 9.10. The lowest BCUT2D eigenvalue weighted by Crippen LogP contribution is -2.30. The summed E-state index contributed by atoms with van der Waals surface area (Å²) in [6.45, 7) is 5.08. The highest BCUT2D eigenvalue weighted by Gasteiger charge is 2.23. The van der Waals surface area contributed by atoms with Gasteiger partial charge in [-0.2, -0.15) is 0 Å². The summed E-state index contributed by atoms with van der Waals surface area (Å²) in [5.74, 6) is -0.203. The Kier molecular flexibility index (Phi) is 3.87. The fraction of sp³-hybridized carbons (Fsp3) is 0.364. The van der Waals surface area contributed by atoms with E-state index in [2.05, 4.69) is 21.2 Å². The Morgan fingerprint density at radius 2 is 2.06 bits per heavy atom. The third kappa shape index (κ3) is 3.52. The SMILES string of the molecule is Cc1cc(NC(=O)C(C)(C)Br)ccc1[N+](=O)[O-]. The van der Waals surface area contributed by atoms with Gasteiger partial charge in [0.05, 0.1) is 9.25 Å². The minimum absolute atomic E-state index is 0.0427. The van der Waals surface area contributed by atoms with Gasteiger partial charge in [-0.15, -0.1) is 0 Å². The molecule has 0 aromatic heterocycles. The van der Waals surface area contributed by atoms with Crippen LogP contribution in [-0.2, 0) is 4.79 Å². The highest BCUT2D eigenvalue weighted by atomic mass is 79.9. The Labute approximate surface area is 107 Å². The number of hydrogen-bond acceptors (Lipinski definition) is 3. The molecule has 1 aromatic carbocycles. The maximum atomic E-state index is 11.7. The zero-order valence-electron chi connectivity index (χ0n) is 9.78. The number of anilines is 1. The number of nitrogens with one attached hydrogen (secondary N) is 1. The zero-order valence-corrected chi connectivity index (χ0v) is 11.4. The van der Waals surface area contributed by atoms with Crippen LogP contribution in [-0.4, -0.2) is 15.2 Å². The zero-order chi connectivity index (χ0) is 13.2. The third-order valence-corrected chi connectivity index (χ3v) is 2.55. The van der Waals surface area contributed by atoms with Crippen LogP contribution in [0.4, 0.5) is 11.4 Å². The summed E-state index contributed by atoms with van der Waals surface area (Å²) in [5, 5.41) is 13.3. The molecule has 0 saturated heterocycles. The molecule has 92 valence electrons. The number of halogens is 1. The van der Waals surface area contributed by atoms with Crippen molar-refractivity contribution in [3.63, 3.8) is 0 Å². The molecule has 1 amide bonds. The molecular weight excluding hydrogens is 288 g/mol. The lowest BCUT2D eigenvalue weighted by molar-refractivity contribution is -0.385. The first-order chi connectivity index (χ1) is 7.71.